The third kappa shape index (κ3) is 4.67. The Labute approximate surface area is 60.1 Å². The maximum Gasteiger partial charge on any atom is 0.329 e. The SMILES string of the molecule is OC(O)C(O)(O)O.[Ti]. The van der Waals surface area contributed by atoms with Crippen LogP contribution in [-0.4, -0.2) is 37.8 Å². The number of hydrogen-bond donors (Lipinski definition) is 5. The van der Waals surface area contributed by atoms with Crippen molar-refractivity contribution in [2.24, 2.45) is 0 Å². The van der Waals surface area contributed by atoms with Crippen molar-refractivity contribution in [1.82, 2.24) is 0 Å². The first-order chi connectivity index (χ1) is 2.94. The Morgan fingerprint density at radius 2 is 1.12 bits per heavy atom. The van der Waals surface area contributed by atoms with Crippen molar-refractivity contribution < 1.29 is 47.3 Å². The Kier molecular flexibility index (Phi) is 4.99. The second-order valence-electron chi connectivity index (χ2n) is 1.06. The Morgan fingerprint density at radius 3 is 1.12 bits per heavy atom. The fraction of sp³-hybridized carbons (Fsp3) is 1.00. The van der Waals surface area contributed by atoms with Crippen LogP contribution in [0.2, 0.25) is 0 Å². The molecule has 0 radical (unpaired) electrons. The van der Waals surface area contributed by atoms with Gasteiger partial charge in [0.15, 0.2) is 0 Å². The molecule has 8 heavy (non-hydrogen) atoms. The van der Waals surface area contributed by atoms with Crippen molar-refractivity contribution in [2.45, 2.75) is 12.3 Å². The maximum atomic E-state index is 7.71. The molecule has 0 bridgehead atoms. The summed E-state index contributed by atoms with van der Waals surface area (Å²) in [7, 11) is 0. The van der Waals surface area contributed by atoms with Gasteiger partial charge in [0.1, 0.15) is 0 Å². The molecule has 0 heterocycles. The van der Waals surface area contributed by atoms with Gasteiger partial charge in [-0.15, -0.1) is 0 Å². The number of hydrogen-bond acceptors (Lipinski definition) is 5. The molecule has 0 atom stereocenters. The molecule has 5 N–H and O–H groups in total. The predicted molar refractivity (Wildman–Crippen MR) is 17.6 cm³/mol. The average molecular weight is 158 g/mol. The molecule has 0 aliphatic heterocycles. The first-order valence-electron chi connectivity index (χ1n) is 1.48. The molecule has 0 unspecified atom stereocenters. The third-order valence-corrected chi connectivity index (χ3v) is 0.346. The maximum absolute atomic E-state index is 7.71. The molecule has 48 valence electrons. The van der Waals surface area contributed by atoms with Crippen LogP contribution in [0.15, 0.2) is 0 Å². The van der Waals surface area contributed by atoms with Gasteiger partial charge < -0.3 is 25.5 Å². The standard InChI is InChI=1S/C2H6O5.Ti/c3-1(4)2(5,6)7;/h1,3-7H;. The largest absolute Gasteiger partial charge is 0.362 e. The van der Waals surface area contributed by atoms with E-state index in [-0.39, 0.29) is 21.7 Å². The quantitative estimate of drug-likeness (QED) is 0.206. The van der Waals surface area contributed by atoms with E-state index in [2.05, 4.69) is 0 Å². The van der Waals surface area contributed by atoms with Crippen LogP contribution in [0, 0.1) is 0 Å². The Hall–Kier alpha value is 0.514. The van der Waals surface area contributed by atoms with Crippen molar-refractivity contribution in [3.63, 3.8) is 0 Å². The second-order valence-corrected chi connectivity index (χ2v) is 1.06. The minimum Gasteiger partial charge on any atom is -0.362 e. The van der Waals surface area contributed by atoms with Crippen molar-refractivity contribution in [3.8, 4) is 0 Å². The number of aliphatic hydroxyl groups excluding tert-OH is 1. The minimum atomic E-state index is -3.39. The third-order valence-electron chi connectivity index (χ3n) is 0.346. The van der Waals surface area contributed by atoms with Gasteiger partial charge >= 0.3 is 5.97 Å². The van der Waals surface area contributed by atoms with Crippen molar-refractivity contribution >= 4 is 0 Å². The van der Waals surface area contributed by atoms with Gasteiger partial charge in [-0.2, -0.15) is 0 Å². The van der Waals surface area contributed by atoms with E-state index in [1.54, 1.807) is 0 Å². The van der Waals surface area contributed by atoms with Gasteiger partial charge in [-0.25, -0.2) is 0 Å². The van der Waals surface area contributed by atoms with Gasteiger partial charge in [0.2, 0.25) is 6.29 Å². The molecule has 6 heteroatoms. The summed E-state index contributed by atoms with van der Waals surface area (Å²) in [6.07, 6.45) is -2.53. The van der Waals surface area contributed by atoms with Crippen molar-refractivity contribution in [1.29, 1.82) is 0 Å². The Balaban J connectivity index is 0. The summed E-state index contributed by atoms with van der Waals surface area (Å²) in [6, 6.07) is 0. The summed E-state index contributed by atoms with van der Waals surface area (Å²) in [4.78, 5) is 0. The van der Waals surface area contributed by atoms with E-state index in [4.69, 9.17) is 25.5 Å². The molecule has 0 aromatic heterocycles. The Morgan fingerprint density at radius 1 is 1.00 bits per heavy atom. The van der Waals surface area contributed by atoms with Gasteiger partial charge in [0.05, 0.1) is 0 Å². The monoisotopic (exact) mass is 158 g/mol. The first-order valence-corrected chi connectivity index (χ1v) is 1.48. The van der Waals surface area contributed by atoms with Crippen LogP contribution in [0.3, 0.4) is 0 Å². The van der Waals surface area contributed by atoms with Crippen LogP contribution in [0.1, 0.15) is 0 Å². The molecule has 5 nitrogen and oxygen atoms in total. The molecule has 0 spiro atoms. The summed E-state index contributed by atoms with van der Waals surface area (Å²) in [6.45, 7) is 0. The molecular formula is C2H6O5Ti. The molecule has 0 saturated heterocycles. The van der Waals surface area contributed by atoms with E-state index in [9.17, 15) is 0 Å². The van der Waals surface area contributed by atoms with E-state index in [0.29, 0.717) is 0 Å². The van der Waals surface area contributed by atoms with Crippen molar-refractivity contribution in [2.75, 3.05) is 0 Å². The molecule has 0 aliphatic rings. The molecule has 0 fully saturated rings. The summed E-state index contributed by atoms with van der Waals surface area (Å²) in [5.41, 5.74) is 0. The molecule has 0 amide bonds. The van der Waals surface area contributed by atoms with Crippen molar-refractivity contribution in [3.05, 3.63) is 0 Å². The average Bonchev–Trinajstić information content (AvgIpc) is 1.31. The van der Waals surface area contributed by atoms with Gasteiger partial charge in [0, 0.05) is 21.7 Å². The first kappa shape index (κ1) is 11.3. The van der Waals surface area contributed by atoms with Gasteiger partial charge in [-0.1, -0.05) is 0 Å². The zero-order chi connectivity index (χ0) is 6.08. The fourth-order valence-electron chi connectivity index (χ4n) is 0. The van der Waals surface area contributed by atoms with Gasteiger partial charge in [-0.05, 0) is 0 Å². The summed E-state index contributed by atoms with van der Waals surface area (Å²) in [5.74, 6) is -3.39. The summed E-state index contributed by atoms with van der Waals surface area (Å²) >= 11 is 0. The number of aliphatic hydroxyl groups is 5. The van der Waals surface area contributed by atoms with E-state index >= 15 is 0 Å². The molecule has 0 aliphatic carbocycles. The zero-order valence-electron chi connectivity index (χ0n) is 3.81. The number of rotatable bonds is 1. The summed E-state index contributed by atoms with van der Waals surface area (Å²) in [5, 5.41) is 38.5. The smallest absolute Gasteiger partial charge is 0.329 e. The topological polar surface area (TPSA) is 101 Å². The van der Waals surface area contributed by atoms with E-state index in [0.717, 1.165) is 0 Å². The molecular weight excluding hydrogens is 152 g/mol. The molecule has 0 rings (SSSR count). The normalized spacial score (nSPS) is 11.2. The van der Waals surface area contributed by atoms with Gasteiger partial charge in [-0.3, -0.25) is 0 Å². The molecule has 0 aromatic rings. The fourth-order valence-corrected chi connectivity index (χ4v) is 0. The van der Waals surface area contributed by atoms with E-state index in [1.807, 2.05) is 0 Å². The van der Waals surface area contributed by atoms with Crippen LogP contribution < -0.4 is 0 Å². The Bertz CT molecular complexity index is 55.9. The van der Waals surface area contributed by atoms with Crippen LogP contribution in [0.25, 0.3) is 0 Å². The second kappa shape index (κ2) is 3.52. The van der Waals surface area contributed by atoms with Crippen LogP contribution in [0.5, 0.6) is 0 Å². The van der Waals surface area contributed by atoms with Gasteiger partial charge in [0.25, 0.3) is 0 Å². The van der Waals surface area contributed by atoms with E-state index < -0.39 is 12.3 Å². The summed E-state index contributed by atoms with van der Waals surface area (Å²) < 4.78 is 0. The van der Waals surface area contributed by atoms with E-state index in [1.165, 1.54) is 0 Å². The minimum absolute atomic E-state index is 0. The molecule has 0 saturated carbocycles. The van der Waals surface area contributed by atoms with Crippen LogP contribution >= 0.6 is 0 Å². The van der Waals surface area contributed by atoms with Crippen LogP contribution in [0.4, 0.5) is 0 Å². The zero-order valence-corrected chi connectivity index (χ0v) is 5.37. The van der Waals surface area contributed by atoms with Crippen LogP contribution in [-0.2, 0) is 21.7 Å². The predicted octanol–water partition coefficient (Wildman–Crippen LogP) is -3.07. The molecule has 0 aromatic carbocycles.